The van der Waals surface area contributed by atoms with Crippen LogP contribution >= 0.6 is 11.6 Å². The highest BCUT2D eigenvalue weighted by Crippen LogP contribution is 2.17. The summed E-state index contributed by atoms with van der Waals surface area (Å²) in [6.07, 6.45) is 0.945. The van der Waals surface area contributed by atoms with Gasteiger partial charge in [-0.1, -0.05) is 11.6 Å². The minimum atomic E-state index is -3.84. The van der Waals surface area contributed by atoms with Gasteiger partial charge in [0, 0.05) is 25.2 Å². The van der Waals surface area contributed by atoms with Gasteiger partial charge in [0.15, 0.2) is 6.10 Å². The van der Waals surface area contributed by atoms with Gasteiger partial charge in [0.05, 0.1) is 4.90 Å². The highest BCUT2D eigenvalue weighted by atomic mass is 35.5. The van der Waals surface area contributed by atoms with Crippen molar-refractivity contribution in [3.8, 4) is 0 Å². The zero-order chi connectivity index (χ0) is 18.6. The molecule has 1 atom stereocenters. The van der Waals surface area contributed by atoms with Gasteiger partial charge in [-0.25, -0.2) is 8.42 Å². The summed E-state index contributed by atoms with van der Waals surface area (Å²) < 4.78 is 30.8. The Morgan fingerprint density at radius 3 is 2.36 bits per heavy atom. The Morgan fingerprint density at radius 2 is 1.80 bits per heavy atom. The third-order valence-electron chi connectivity index (χ3n) is 3.95. The summed E-state index contributed by atoms with van der Waals surface area (Å²) in [5.74, 6) is -1.03. The Balaban J connectivity index is 1.94. The second-order valence-electron chi connectivity index (χ2n) is 5.88. The lowest BCUT2D eigenvalue weighted by Gasteiger charge is -2.22. The molecule has 1 fully saturated rings. The first-order valence-electron chi connectivity index (χ1n) is 7.92. The predicted molar refractivity (Wildman–Crippen MR) is 92.6 cm³/mol. The van der Waals surface area contributed by atoms with Crippen LogP contribution in [-0.2, 0) is 24.3 Å². The largest absolute Gasteiger partial charge is 0.452 e. The molecular formula is C16H21ClN2O5S. The van der Waals surface area contributed by atoms with Crippen LogP contribution in [0, 0.1) is 0 Å². The number of ether oxygens (including phenoxy) is 1. The van der Waals surface area contributed by atoms with Crippen molar-refractivity contribution in [2.24, 2.45) is 0 Å². The van der Waals surface area contributed by atoms with E-state index in [2.05, 4.69) is 0 Å². The predicted octanol–water partition coefficient (Wildman–Crippen LogP) is 1.51. The number of sulfonamides is 1. The molecule has 0 aromatic heterocycles. The van der Waals surface area contributed by atoms with Crippen LogP contribution in [-0.4, -0.2) is 62.3 Å². The van der Waals surface area contributed by atoms with Crippen molar-refractivity contribution in [3.63, 3.8) is 0 Å². The summed E-state index contributed by atoms with van der Waals surface area (Å²) in [4.78, 5) is 25.8. The number of benzene rings is 1. The SMILES string of the molecule is C[C@@H](OC(=O)CN(C)S(=O)(=O)c1ccc(Cl)cc1)C(=O)N1CCCC1. The number of likely N-dealkylation sites (N-methyl/N-ethyl adjacent to an activating group) is 1. The van der Waals surface area contributed by atoms with E-state index < -0.39 is 28.6 Å². The molecule has 0 saturated carbocycles. The normalized spacial score (nSPS) is 16.1. The van der Waals surface area contributed by atoms with Crippen molar-refractivity contribution >= 4 is 33.5 Å². The fourth-order valence-electron chi connectivity index (χ4n) is 2.53. The number of carbonyl (C=O) groups is 2. The highest BCUT2D eigenvalue weighted by Gasteiger charge is 2.28. The second kappa shape index (κ2) is 8.16. The summed E-state index contributed by atoms with van der Waals surface area (Å²) in [7, 11) is -2.57. The van der Waals surface area contributed by atoms with Crippen molar-refractivity contribution in [2.45, 2.75) is 30.8 Å². The van der Waals surface area contributed by atoms with Gasteiger partial charge in [-0.2, -0.15) is 4.31 Å². The van der Waals surface area contributed by atoms with Crippen molar-refractivity contribution < 1.29 is 22.7 Å². The molecule has 9 heteroatoms. The molecule has 0 radical (unpaired) electrons. The first-order valence-corrected chi connectivity index (χ1v) is 9.74. The molecule has 1 aliphatic heterocycles. The van der Waals surface area contributed by atoms with Crippen molar-refractivity contribution in [3.05, 3.63) is 29.3 Å². The molecule has 0 aliphatic carbocycles. The number of esters is 1. The van der Waals surface area contributed by atoms with E-state index >= 15 is 0 Å². The molecule has 0 spiro atoms. The fraction of sp³-hybridized carbons (Fsp3) is 0.500. The molecule has 0 bridgehead atoms. The number of rotatable bonds is 6. The van der Waals surface area contributed by atoms with E-state index in [0.29, 0.717) is 18.1 Å². The third-order valence-corrected chi connectivity index (χ3v) is 6.02. The van der Waals surface area contributed by atoms with Crippen LogP contribution in [0.15, 0.2) is 29.2 Å². The molecular weight excluding hydrogens is 368 g/mol. The number of hydrogen-bond donors (Lipinski definition) is 0. The monoisotopic (exact) mass is 388 g/mol. The molecule has 0 unspecified atom stereocenters. The summed E-state index contributed by atoms with van der Waals surface area (Å²) in [5, 5.41) is 0.412. The Kier molecular flexibility index (Phi) is 6.42. The van der Waals surface area contributed by atoms with Crippen LogP contribution in [0.3, 0.4) is 0 Å². The molecule has 0 N–H and O–H groups in total. The molecule has 1 aromatic carbocycles. The first-order chi connectivity index (χ1) is 11.7. The molecule has 1 aliphatic rings. The molecule has 1 aromatic rings. The minimum absolute atomic E-state index is 0.0217. The lowest BCUT2D eigenvalue weighted by Crippen LogP contribution is -2.40. The molecule has 1 heterocycles. The van der Waals surface area contributed by atoms with E-state index in [1.807, 2.05) is 0 Å². The van der Waals surface area contributed by atoms with Crippen LogP contribution in [0.25, 0.3) is 0 Å². The summed E-state index contributed by atoms with van der Waals surface area (Å²) in [5.41, 5.74) is 0. The van der Waals surface area contributed by atoms with Gasteiger partial charge in [0.25, 0.3) is 5.91 Å². The second-order valence-corrected chi connectivity index (χ2v) is 8.36. The zero-order valence-corrected chi connectivity index (χ0v) is 15.7. The van der Waals surface area contributed by atoms with E-state index in [4.69, 9.17) is 16.3 Å². The van der Waals surface area contributed by atoms with E-state index in [0.717, 1.165) is 17.1 Å². The maximum atomic E-state index is 12.4. The van der Waals surface area contributed by atoms with Gasteiger partial charge in [-0.15, -0.1) is 0 Å². The Labute approximate surface area is 152 Å². The number of amides is 1. The van der Waals surface area contributed by atoms with Crippen LogP contribution in [0.2, 0.25) is 5.02 Å². The molecule has 7 nitrogen and oxygen atoms in total. The van der Waals surface area contributed by atoms with Gasteiger partial charge in [0.1, 0.15) is 6.54 Å². The summed E-state index contributed by atoms with van der Waals surface area (Å²) in [6, 6.07) is 5.63. The van der Waals surface area contributed by atoms with Crippen LogP contribution in [0.5, 0.6) is 0 Å². The van der Waals surface area contributed by atoms with Gasteiger partial charge in [-0.3, -0.25) is 9.59 Å². The minimum Gasteiger partial charge on any atom is -0.452 e. The maximum absolute atomic E-state index is 12.4. The Bertz CT molecular complexity index is 729. The molecule has 1 saturated heterocycles. The smallest absolute Gasteiger partial charge is 0.322 e. The lowest BCUT2D eigenvalue weighted by atomic mass is 10.3. The molecule has 2 rings (SSSR count). The van der Waals surface area contributed by atoms with Gasteiger partial charge in [0.2, 0.25) is 10.0 Å². The zero-order valence-electron chi connectivity index (χ0n) is 14.1. The van der Waals surface area contributed by atoms with E-state index in [1.54, 1.807) is 4.90 Å². The lowest BCUT2D eigenvalue weighted by molar-refractivity contribution is -0.158. The van der Waals surface area contributed by atoms with Crippen LogP contribution in [0.1, 0.15) is 19.8 Å². The number of halogens is 1. The van der Waals surface area contributed by atoms with Crippen LogP contribution in [0.4, 0.5) is 0 Å². The summed E-state index contributed by atoms with van der Waals surface area (Å²) in [6.45, 7) is 2.33. The quantitative estimate of drug-likeness (QED) is 0.690. The van der Waals surface area contributed by atoms with Gasteiger partial charge >= 0.3 is 5.97 Å². The molecule has 25 heavy (non-hydrogen) atoms. The average molecular weight is 389 g/mol. The first kappa shape index (κ1) is 19.7. The van der Waals surface area contributed by atoms with Gasteiger partial charge < -0.3 is 9.64 Å². The van der Waals surface area contributed by atoms with Crippen molar-refractivity contribution in [1.29, 1.82) is 0 Å². The molecule has 1 amide bonds. The number of likely N-dealkylation sites (tertiary alicyclic amines) is 1. The van der Waals surface area contributed by atoms with Crippen molar-refractivity contribution in [1.82, 2.24) is 9.21 Å². The molecule has 138 valence electrons. The highest BCUT2D eigenvalue weighted by molar-refractivity contribution is 7.89. The van der Waals surface area contributed by atoms with E-state index in [9.17, 15) is 18.0 Å². The summed E-state index contributed by atoms with van der Waals surface area (Å²) >= 11 is 5.75. The van der Waals surface area contributed by atoms with E-state index in [1.165, 1.54) is 38.2 Å². The number of carbonyl (C=O) groups excluding carboxylic acids is 2. The third kappa shape index (κ3) is 4.93. The van der Waals surface area contributed by atoms with Gasteiger partial charge in [-0.05, 0) is 44.0 Å². The Morgan fingerprint density at radius 1 is 1.24 bits per heavy atom. The van der Waals surface area contributed by atoms with E-state index in [-0.39, 0.29) is 10.8 Å². The fourth-order valence-corrected chi connectivity index (χ4v) is 3.77. The number of hydrogen-bond acceptors (Lipinski definition) is 5. The standard InChI is InChI=1S/C16H21ClN2O5S/c1-12(16(21)19-9-3-4-10-19)24-15(20)11-18(2)25(22,23)14-7-5-13(17)6-8-14/h5-8,12H,3-4,9-11H2,1-2H3/t12-/m1/s1. The maximum Gasteiger partial charge on any atom is 0.322 e. The average Bonchev–Trinajstić information content (AvgIpc) is 3.08. The van der Waals surface area contributed by atoms with Crippen LogP contribution < -0.4 is 0 Å². The van der Waals surface area contributed by atoms with Crippen molar-refractivity contribution in [2.75, 3.05) is 26.7 Å². The Hall–Kier alpha value is -1.64. The number of nitrogens with zero attached hydrogens (tertiary/aromatic N) is 2. The topological polar surface area (TPSA) is 84.0 Å².